The molecular weight excluding hydrogens is 428 g/mol. The third-order valence-corrected chi connectivity index (χ3v) is 5.38. The zero-order chi connectivity index (χ0) is 19.4. The van der Waals surface area contributed by atoms with Gasteiger partial charge in [0.25, 0.3) is 5.91 Å². The minimum absolute atomic E-state index is 0.217. The molecule has 1 heterocycles. The lowest BCUT2D eigenvalue weighted by Gasteiger charge is -2.06. The summed E-state index contributed by atoms with van der Waals surface area (Å²) in [6.07, 6.45) is 0. The van der Waals surface area contributed by atoms with Crippen LogP contribution >= 0.6 is 27.3 Å². The second-order valence-corrected chi connectivity index (χ2v) is 7.74. The molecule has 0 radical (unpaired) electrons. The normalized spacial score (nSPS) is 10.5. The van der Waals surface area contributed by atoms with Crippen molar-refractivity contribution in [1.82, 2.24) is 4.98 Å². The summed E-state index contributed by atoms with van der Waals surface area (Å²) >= 11 is 4.84. The first-order chi connectivity index (χ1) is 13.0. The van der Waals surface area contributed by atoms with Gasteiger partial charge in [0.1, 0.15) is 11.5 Å². The van der Waals surface area contributed by atoms with Gasteiger partial charge < -0.3 is 9.47 Å². The van der Waals surface area contributed by atoms with Crippen molar-refractivity contribution in [3.05, 3.63) is 57.4 Å². The standard InChI is InChI=1S/C20H19BrN2O3S/c1-4-26-15-8-5-13(6-9-15)18-12(2)27-20(22-18)23-19(24)14-7-10-17(25-3)16(21)11-14/h5-11H,4H2,1-3H3,(H,22,23,24). The van der Waals surface area contributed by atoms with E-state index in [1.165, 1.54) is 11.3 Å². The number of nitrogens with zero attached hydrogens (tertiary/aromatic N) is 1. The van der Waals surface area contributed by atoms with Gasteiger partial charge in [0.15, 0.2) is 5.13 Å². The first-order valence-electron chi connectivity index (χ1n) is 8.37. The van der Waals surface area contributed by atoms with E-state index in [1.807, 2.05) is 38.1 Å². The van der Waals surface area contributed by atoms with Crippen molar-refractivity contribution in [2.75, 3.05) is 19.0 Å². The highest BCUT2D eigenvalue weighted by molar-refractivity contribution is 9.10. The van der Waals surface area contributed by atoms with Crippen LogP contribution in [-0.2, 0) is 0 Å². The smallest absolute Gasteiger partial charge is 0.257 e. The molecule has 0 unspecified atom stereocenters. The van der Waals surface area contributed by atoms with Crippen LogP contribution in [0.1, 0.15) is 22.2 Å². The van der Waals surface area contributed by atoms with Crippen LogP contribution in [0.15, 0.2) is 46.9 Å². The molecule has 1 N–H and O–H groups in total. The summed E-state index contributed by atoms with van der Waals surface area (Å²) in [4.78, 5) is 18.1. The molecule has 0 spiro atoms. The monoisotopic (exact) mass is 446 g/mol. The molecular formula is C20H19BrN2O3S. The van der Waals surface area contributed by atoms with Crippen molar-refractivity contribution in [3.8, 4) is 22.8 Å². The Hall–Kier alpha value is -2.38. The van der Waals surface area contributed by atoms with Crippen molar-refractivity contribution in [1.29, 1.82) is 0 Å². The molecule has 5 nitrogen and oxygen atoms in total. The fourth-order valence-electron chi connectivity index (χ4n) is 2.57. The lowest BCUT2D eigenvalue weighted by Crippen LogP contribution is -2.11. The van der Waals surface area contributed by atoms with Crippen molar-refractivity contribution in [2.45, 2.75) is 13.8 Å². The summed E-state index contributed by atoms with van der Waals surface area (Å²) in [5, 5.41) is 3.43. The Balaban J connectivity index is 1.78. The second-order valence-electron chi connectivity index (χ2n) is 5.68. The Kier molecular flexibility index (Phi) is 6.13. The summed E-state index contributed by atoms with van der Waals surface area (Å²) in [5.74, 6) is 1.28. The van der Waals surface area contributed by atoms with E-state index in [9.17, 15) is 4.79 Å². The quantitative estimate of drug-likeness (QED) is 0.539. The van der Waals surface area contributed by atoms with Crippen LogP contribution in [0.3, 0.4) is 0 Å². The molecule has 0 atom stereocenters. The van der Waals surface area contributed by atoms with Gasteiger partial charge in [-0.05, 0) is 72.2 Å². The molecule has 2 aromatic carbocycles. The summed E-state index contributed by atoms with van der Waals surface area (Å²) < 4.78 is 11.4. The highest BCUT2D eigenvalue weighted by Gasteiger charge is 2.14. The molecule has 0 fully saturated rings. The highest BCUT2D eigenvalue weighted by atomic mass is 79.9. The van der Waals surface area contributed by atoms with Gasteiger partial charge in [-0.15, -0.1) is 11.3 Å². The third-order valence-electron chi connectivity index (χ3n) is 3.87. The topological polar surface area (TPSA) is 60.5 Å². The van der Waals surface area contributed by atoms with Crippen LogP contribution in [0.2, 0.25) is 0 Å². The van der Waals surface area contributed by atoms with E-state index < -0.39 is 0 Å². The highest BCUT2D eigenvalue weighted by Crippen LogP contribution is 2.32. The number of rotatable bonds is 6. The predicted octanol–water partition coefficient (Wildman–Crippen LogP) is 5.54. The molecule has 140 valence electrons. The summed E-state index contributed by atoms with van der Waals surface area (Å²) in [6, 6.07) is 13.0. The number of aryl methyl sites for hydroxylation is 1. The van der Waals surface area contributed by atoms with Crippen LogP contribution in [0.5, 0.6) is 11.5 Å². The molecule has 1 aromatic heterocycles. The number of ether oxygens (including phenoxy) is 2. The molecule has 0 saturated heterocycles. The Morgan fingerprint density at radius 2 is 1.96 bits per heavy atom. The largest absolute Gasteiger partial charge is 0.496 e. The number of benzene rings is 2. The van der Waals surface area contributed by atoms with Crippen LogP contribution < -0.4 is 14.8 Å². The molecule has 0 aliphatic carbocycles. The molecule has 1 amide bonds. The number of anilines is 1. The Morgan fingerprint density at radius 3 is 2.59 bits per heavy atom. The van der Waals surface area contributed by atoms with Gasteiger partial charge in [0.2, 0.25) is 0 Å². The second kappa shape index (κ2) is 8.54. The average molecular weight is 447 g/mol. The number of methoxy groups -OCH3 is 1. The van der Waals surface area contributed by atoms with E-state index >= 15 is 0 Å². The van der Waals surface area contributed by atoms with E-state index in [2.05, 4.69) is 26.2 Å². The average Bonchev–Trinajstić information content (AvgIpc) is 3.02. The number of carbonyl (C=O) groups excluding carboxylic acids is 1. The molecule has 27 heavy (non-hydrogen) atoms. The van der Waals surface area contributed by atoms with Gasteiger partial charge in [-0.25, -0.2) is 4.98 Å². The zero-order valence-electron chi connectivity index (χ0n) is 15.2. The Bertz CT molecular complexity index is 954. The molecule has 0 aliphatic heterocycles. The van der Waals surface area contributed by atoms with Gasteiger partial charge in [0, 0.05) is 16.0 Å². The van der Waals surface area contributed by atoms with E-state index in [0.29, 0.717) is 23.1 Å². The first-order valence-corrected chi connectivity index (χ1v) is 9.98. The maximum atomic E-state index is 12.5. The van der Waals surface area contributed by atoms with Gasteiger partial charge >= 0.3 is 0 Å². The number of carbonyl (C=O) groups is 1. The van der Waals surface area contributed by atoms with Crippen LogP contribution in [0.4, 0.5) is 5.13 Å². The third kappa shape index (κ3) is 4.48. The van der Waals surface area contributed by atoms with E-state index in [-0.39, 0.29) is 5.91 Å². The van der Waals surface area contributed by atoms with Crippen molar-refractivity contribution in [2.24, 2.45) is 0 Å². The number of amides is 1. The van der Waals surface area contributed by atoms with Gasteiger partial charge in [-0.1, -0.05) is 0 Å². The van der Waals surface area contributed by atoms with Crippen LogP contribution in [0, 0.1) is 6.92 Å². The van der Waals surface area contributed by atoms with Gasteiger partial charge in [0.05, 0.1) is 23.9 Å². The fourth-order valence-corrected chi connectivity index (χ4v) is 3.94. The van der Waals surface area contributed by atoms with E-state index in [1.54, 1.807) is 25.3 Å². The van der Waals surface area contributed by atoms with Gasteiger partial charge in [-0.3, -0.25) is 10.1 Å². The van der Waals surface area contributed by atoms with Crippen molar-refractivity contribution >= 4 is 38.3 Å². The molecule has 0 aliphatic rings. The Morgan fingerprint density at radius 1 is 1.22 bits per heavy atom. The summed E-state index contributed by atoms with van der Waals surface area (Å²) in [5.41, 5.74) is 2.37. The lowest BCUT2D eigenvalue weighted by atomic mass is 10.1. The minimum atomic E-state index is -0.217. The van der Waals surface area contributed by atoms with Crippen molar-refractivity contribution < 1.29 is 14.3 Å². The van der Waals surface area contributed by atoms with Crippen LogP contribution in [-0.4, -0.2) is 24.6 Å². The molecule has 7 heteroatoms. The summed E-state index contributed by atoms with van der Waals surface area (Å²) in [6.45, 7) is 4.57. The number of hydrogen-bond acceptors (Lipinski definition) is 5. The number of aromatic nitrogens is 1. The van der Waals surface area contributed by atoms with Crippen LogP contribution in [0.25, 0.3) is 11.3 Å². The zero-order valence-corrected chi connectivity index (χ0v) is 17.6. The number of hydrogen-bond donors (Lipinski definition) is 1. The number of halogens is 1. The van der Waals surface area contributed by atoms with E-state index in [0.717, 1.165) is 26.4 Å². The number of thiazole rings is 1. The lowest BCUT2D eigenvalue weighted by molar-refractivity contribution is 0.102. The molecule has 3 rings (SSSR count). The minimum Gasteiger partial charge on any atom is -0.496 e. The molecule has 0 bridgehead atoms. The fraction of sp³-hybridized carbons (Fsp3) is 0.200. The van der Waals surface area contributed by atoms with Gasteiger partial charge in [-0.2, -0.15) is 0 Å². The van der Waals surface area contributed by atoms with E-state index in [4.69, 9.17) is 9.47 Å². The summed E-state index contributed by atoms with van der Waals surface area (Å²) in [7, 11) is 1.58. The molecule has 0 saturated carbocycles. The SMILES string of the molecule is CCOc1ccc(-c2nc(NC(=O)c3ccc(OC)c(Br)c3)sc2C)cc1. The number of nitrogens with one attached hydrogen (secondary N) is 1. The maximum absolute atomic E-state index is 12.5. The van der Waals surface area contributed by atoms with Crippen molar-refractivity contribution in [3.63, 3.8) is 0 Å². The maximum Gasteiger partial charge on any atom is 0.257 e. The first kappa shape index (κ1) is 19.4. The Labute approximate surface area is 170 Å². The molecule has 3 aromatic rings. The predicted molar refractivity (Wildman–Crippen MR) is 112 cm³/mol.